The van der Waals surface area contributed by atoms with Crippen molar-refractivity contribution < 1.29 is 4.42 Å². The van der Waals surface area contributed by atoms with Crippen molar-refractivity contribution in [3.05, 3.63) is 146 Å². The Morgan fingerprint density at radius 3 is 2.10 bits per heavy atom. The highest BCUT2D eigenvalue weighted by molar-refractivity contribution is 6.06. The van der Waals surface area contributed by atoms with E-state index < -0.39 is 0 Å². The predicted octanol–water partition coefficient (Wildman–Crippen LogP) is 10.4. The molecule has 188 valence electrons. The first kappa shape index (κ1) is 22.6. The summed E-state index contributed by atoms with van der Waals surface area (Å²) in [6, 6.07) is 48.9. The van der Waals surface area contributed by atoms with Gasteiger partial charge in [0.1, 0.15) is 11.2 Å². The normalized spacial score (nSPS) is 11.5. The smallest absolute Gasteiger partial charge is 0.135 e. The number of nitrogens with zero attached hydrogens (tertiary/aromatic N) is 2. The largest absolute Gasteiger partial charge is 0.456 e. The minimum atomic E-state index is 0.893. The SMILES string of the molecule is c1ccc(N(c2ccc3ccc(-c4cc5ccccc5cn4)cc3c2)c2ccc3oc4ccccc4c3c2)cc1. The number of fused-ring (bicyclic) bond motifs is 5. The molecule has 8 aromatic rings. The van der Waals surface area contributed by atoms with Gasteiger partial charge in [0.25, 0.3) is 0 Å². The van der Waals surface area contributed by atoms with E-state index in [0.29, 0.717) is 0 Å². The lowest BCUT2D eigenvalue weighted by Gasteiger charge is -2.26. The van der Waals surface area contributed by atoms with Crippen LogP contribution >= 0.6 is 0 Å². The molecule has 3 nitrogen and oxygen atoms in total. The summed E-state index contributed by atoms with van der Waals surface area (Å²) in [5.41, 5.74) is 7.15. The number of aromatic nitrogens is 1. The number of benzene rings is 6. The van der Waals surface area contributed by atoms with Gasteiger partial charge in [0.05, 0.1) is 5.69 Å². The van der Waals surface area contributed by atoms with Gasteiger partial charge in [0.15, 0.2) is 0 Å². The molecule has 0 aliphatic heterocycles. The molecule has 2 aromatic heterocycles. The third kappa shape index (κ3) is 3.79. The van der Waals surface area contributed by atoms with Crippen molar-refractivity contribution in [1.82, 2.24) is 4.98 Å². The summed E-state index contributed by atoms with van der Waals surface area (Å²) in [5, 5.41) is 6.94. The Balaban J connectivity index is 1.28. The van der Waals surface area contributed by atoms with Gasteiger partial charge in [-0.3, -0.25) is 4.98 Å². The van der Waals surface area contributed by atoms with Crippen molar-refractivity contribution in [2.24, 2.45) is 0 Å². The van der Waals surface area contributed by atoms with Crippen LogP contribution in [-0.2, 0) is 0 Å². The van der Waals surface area contributed by atoms with E-state index >= 15 is 0 Å². The first-order valence-electron chi connectivity index (χ1n) is 13.5. The van der Waals surface area contributed by atoms with E-state index in [-0.39, 0.29) is 0 Å². The maximum atomic E-state index is 6.11. The number of furan rings is 1. The molecule has 0 saturated carbocycles. The Morgan fingerprint density at radius 2 is 1.18 bits per heavy atom. The standard InChI is InChI=1S/C37H24N2O/c1-2-10-30(11-3-1)39(32-18-19-37-34(23-32)33-12-6-7-13-36(33)40-37)31-17-16-25-14-15-27(20-29(25)21-31)35-22-26-8-4-5-9-28(26)24-38-35/h1-24H. The monoisotopic (exact) mass is 512 g/mol. The van der Waals surface area contributed by atoms with Gasteiger partial charge in [-0.05, 0) is 76.8 Å². The zero-order valence-corrected chi connectivity index (χ0v) is 21.7. The van der Waals surface area contributed by atoms with Crippen molar-refractivity contribution in [3.63, 3.8) is 0 Å². The molecule has 3 heteroatoms. The summed E-state index contributed by atoms with van der Waals surface area (Å²) in [5.74, 6) is 0. The van der Waals surface area contributed by atoms with E-state index in [1.807, 2.05) is 24.4 Å². The Morgan fingerprint density at radius 1 is 0.450 bits per heavy atom. The quantitative estimate of drug-likeness (QED) is 0.235. The molecule has 0 amide bonds. The van der Waals surface area contributed by atoms with Crippen LogP contribution < -0.4 is 4.90 Å². The molecule has 0 bridgehead atoms. The second kappa shape index (κ2) is 9.11. The average molecular weight is 513 g/mol. The topological polar surface area (TPSA) is 29.3 Å². The van der Waals surface area contributed by atoms with E-state index in [1.165, 1.54) is 16.2 Å². The molecule has 2 heterocycles. The van der Waals surface area contributed by atoms with Gasteiger partial charge < -0.3 is 9.32 Å². The Labute approximate surface area is 231 Å². The average Bonchev–Trinajstić information content (AvgIpc) is 3.39. The summed E-state index contributed by atoms with van der Waals surface area (Å²) in [4.78, 5) is 7.07. The molecule has 0 unspecified atom stereocenters. The van der Waals surface area contributed by atoms with E-state index in [9.17, 15) is 0 Å². The molecule has 0 aliphatic rings. The summed E-state index contributed by atoms with van der Waals surface area (Å²) < 4.78 is 6.11. The van der Waals surface area contributed by atoms with Gasteiger partial charge in [-0.15, -0.1) is 0 Å². The number of hydrogen-bond acceptors (Lipinski definition) is 3. The lowest BCUT2D eigenvalue weighted by Crippen LogP contribution is -2.09. The second-order valence-corrected chi connectivity index (χ2v) is 10.1. The zero-order chi connectivity index (χ0) is 26.5. The number of para-hydroxylation sites is 2. The molecule has 0 aliphatic carbocycles. The van der Waals surface area contributed by atoms with E-state index in [1.54, 1.807) is 0 Å². The van der Waals surface area contributed by atoms with Crippen LogP contribution in [0.25, 0.3) is 54.7 Å². The highest BCUT2D eigenvalue weighted by atomic mass is 16.3. The highest BCUT2D eigenvalue weighted by Crippen LogP contribution is 2.39. The number of pyridine rings is 1. The molecule has 0 atom stereocenters. The van der Waals surface area contributed by atoms with Crippen molar-refractivity contribution in [2.75, 3.05) is 4.90 Å². The number of hydrogen-bond donors (Lipinski definition) is 0. The summed E-state index contributed by atoms with van der Waals surface area (Å²) in [7, 11) is 0. The Kier molecular flexibility index (Phi) is 5.14. The summed E-state index contributed by atoms with van der Waals surface area (Å²) in [6.45, 7) is 0. The van der Waals surface area contributed by atoms with Gasteiger partial charge >= 0.3 is 0 Å². The van der Waals surface area contributed by atoms with Gasteiger partial charge in [0.2, 0.25) is 0 Å². The minimum absolute atomic E-state index is 0.893. The Bertz CT molecular complexity index is 2180. The van der Waals surface area contributed by atoms with Crippen LogP contribution in [0.4, 0.5) is 17.1 Å². The zero-order valence-electron chi connectivity index (χ0n) is 21.7. The van der Waals surface area contributed by atoms with Crippen molar-refractivity contribution in [2.45, 2.75) is 0 Å². The van der Waals surface area contributed by atoms with E-state index in [0.717, 1.165) is 55.6 Å². The highest BCUT2D eigenvalue weighted by Gasteiger charge is 2.16. The first-order chi connectivity index (χ1) is 19.8. The molecule has 8 rings (SSSR count). The molecule has 6 aromatic carbocycles. The molecule has 0 fully saturated rings. The van der Waals surface area contributed by atoms with Crippen LogP contribution in [0.1, 0.15) is 0 Å². The second-order valence-electron chi connectivity index (χ2n) is 10.1. The maximum absolute atomic E-state index is 6.11. The van der Waals surface area contributed by atoms with Crippen LogP contribution in [0, 0.1) is 0 Å². The lowest BCUT2D eigenvalue weighted by atomic mass is 10.0. The van der Waals surface area contributed by atoms with E-state index in [4.69, 9.17) is 9.40 Å². The molecule has 0 N–H and O–H groups in total. The summed E-state index contributed by atoms with van der Waals surface area (Å²) in [6.07, 6.45) is 1.96. The van der Waals surface area contributed by atoms with Crippen LogP contribution in [0.3, 0.4) is 0 Å². The van der Waals surface area contributed by atoms with Gasteiger partial charge in [-0.1, -0.05) is 78.9 Å². The first-order valence-corrected chi connectivity index (χ1v) is 13.5. The minimum Gasteiger partial charge on any atom is -0.456 e. The van der Waals surface area contributed by atoms with Crippen molar-refractivity contribution >= 4 is 60.5 Å². The number of anilines is 3. The Hall–Kier alpha value is -5.41. The molecular weight excluding hydrogens is 488 g/mol. The van der Waals surface area contributed by atoms with Gasteiger partial charge in [-0.25, -0.2) is 0 Å². The third-order valence-electron chi connectivity index (χ3n) is 7.64. The molecule has 40 heavy (non-hydrogen) atoms. The maximum Gasteiger partial charge on any atom is 0.135 e. The molecular formula is C37H24N2O. The molecule has 0 radical (unpaired) electrons. The van der Waals surface area contributed by atoms with Crippen molar-refractivity contribution in [3.8, 4) is 11.3 Å². The van der Waals surface area contributed by atoms with Crippen LogP contribution in [0.15, 0.2) is 150 Å². The van der Waals surface area contributed by atoms with Crippen LogP contribution in [-0.4, -0.2) is 4.98 Å². The molecule has 0 spiro atoms. The molecule has 0 saturated heterocycles. The predicted molar refractivity (Wildman–Crippen MR) is 167 cm³/mol. The van der Waals surface area contributed by atoms with Crippen LogP contribution in [0.2, 0.25) is 0 Å². The summed E-state index contributed by atoms with van der Waals surface area (Å²) >= 11 is 0. The van der Waals surface area contributed by atoms with Crippen LogP contribution in [0.5, 0.6) is 0 Å². The fraction of sp³-hybridized carbons (Fsp3) is 0. The fourth-order valence-corrected chi connectivity index (χ4v) is 5.65. The van der Waals surface area contributed by atoms with E-state index in [2.05, 4.69) is 126 Å². The third-order valence-corrected chi connectivity index (χ3v) is 7.64. The van der Waals surface area contributed by atoms with Crippen molar-refractivity contribution in [1.29, 1.82) is 0 Å². The van der Waals surface area contributed by atoms with Gasteiger partial charge in [0, 0.05) is 45.0 Å². The lowest BCUT2D eigenvalue weighted by molar-refractivity contribution is 0.669. The fourth-order valence-electron chi connectivity index (χ4n) is 5.65. The number of rotatable bonds is 4. The van der Waals surface area contributed by atoms with Gasteiger partial charge in [-0.2, -0.15) is 0 Å².